The van der Waals surface area contributed by atoms with Gasteiger partial charge in [-0.1, -0.05) is 48.0 Å². The maximum atomic E-state index is 13.9. The molecule has 0 amide bonds. The highest BCUT2D eigenvalue weighted by Crippen LogP contribution is 2.36. The van der Waals surface area contributed by atoms with E-state index in [1.165, 1.54) is 13.2 Å². The van der Waals surface area contributed by atoms with Crippen molar-refractivity contribution < 1.29 is 13.9 Å². The minimum Gasteiger partial charge on any atom is -0.493 e. The molecule has 29 heavy (non-hydrogen) atoms. The average Bonchev–Trinajstić information content (AvgIpc) is 2.72. The first-order chi connectivity index (χ1) is 14.0. The first-order valence-corrected chi connectivity index (χ1v) is 10.1. The van der Waals surface area contributed by atoms with E-state index in [-0.39, 0.29) is 12.4 Å². The molecule has 0 aromatic heterocycles. The lowest BCUT2D eigenvalue weighted by atomic mass is 10.0. The molecule has 0 spiro atoms. The Morgan fingerprint density at radius 1 is 1.17 bits per heavy atom. The molecule has 0 aliphatic carbocycles. The minimum absolute atomic E-state index is 0.0806. The minimum atomic E-state index is -0.320. The summed E-state index contributed by atoms with van der Waals surface area (Å²) in [6.45, 7) is 0.0806. The van der Waals surface area contributed by atoms with Gasteiger partial charge in [0.15, 0.2) is 11.5 Å². The van der Waals surface area contributed by atoms with Gasteiger partial charge < -0.3 is 9.47 Å². The van der Waals surface area contributed by atoms with E-state index in [4.69, 9.17) is 21.1 Å². The lowest BCUT2D eigenvalue weighted by Gasteiger charge is -2.14. The van der Waals surface area contributed by atoms with Crippen LogP contribution in [0.25, 0.3) is 11.6 Å². The number of methoxy groups -OCH3 is 1. The maximum absolute atomic E-state index is 13.9. The zero-order valence-corrected chi connectivity index (χ0v) is 18.4. The molecule has 146 valence electrons. The van der Waals surface area contributed by atoms with Crippen molar-refractivity contribution in [3.8, 4) is 17.6 Å². The molecule has 0 bridgehead atoms. The summed E-state index contributed by atoms with van der Waals surface area (Å²) < 4.78 is 25.9. The van der Waals surface area contributed by atoms with Crippen LogP contribution in [0.15, 0.2) is 60.7 Å². The van der Waals surface area contributed by atoms with Crippen molar-refractivity contribution in [3.63, 3.8) is 0 Å². The van der Waals surface area contributed by atoms with Gasteiger partial charge in [-0.25, -0.2) is 4.39 Å². The van der Waals surface area contributed by atoms with Crippen LogP contribution < -0.4 is 9.47 Å². The average molecular weight is 520 g/mol. The Balaban J connectivity index is 1.93. The Kier molecular flexibility index (Phi) is 7.13. The van der Waals surface area contributed by atoms with E-state index < -0.39 is 0 Å². The molecule has 0 fully saturated rings. The zero-order valence-electron chi connectivity index (χ0n) is 15.5. The Morgan fingerprint density at radius 2 is 1.90 bits per heavy atom. The molecule has 0 aliphatic rings. The van der Waals surface area contributed by atoms with E-state index in [1.807, 2.05) is 18.2 Å². The molecule has 3 aromatic rings. The van der Waals surface area contributed by atoms with Crippen molar-refractivity contribution in [2.24, 2.45) is 0 Å². The summed E-state index contributed by atoms with van der Waals surface area (Å²) in [5.74, 6) is 0.695. The fourth-order valence-corrected chi connectivity index (χ4v) is 3.76. The first-order valence-electron chi connectivity index (χ1n) is 8.64. The Bertz CT molecular complexity index is 1110. The van der Waals surface area contributed by atoms with Gasteiger partial charge in [0.25, 0.3) is 0 Å². The molecule has 3 aromatic carbocycles. The number of benzene rings is 3. The fourth-order valence-electron chi connectivity index (χ4n) is 2.75. The highest BCUT2D eigenvalue weighted by atomic mass is 127. The summed E-state index contributed by atoms with van der Waals surface area (Å²) in [5.41, 5.74) is 2.32. The van der Waals surface area contributed by atoms with Crippen LogP contribution in [0.2, 0.25) is 5.02 Å². The number of ether oxygens (including phenoxy) is 2. The van der Waals surface area contributed by atoms with Crippen LogP contribution in [0.5, 0.6) is 11.5 Å². The van der Waals surface area contributed by atoms with Gasteiger partial charge in [-0.3, -0.25) is 0 Å². The summed E-state index contributed by atoms with van der Waals surface area (Å²) in [5, 5.41) is 10.1. The van der Waals surface area contributed by atoms with E-state index in [0.29, 0.717) is 33.2 Å². The lowest BCUT2D eigenvalue weighted by Crippen LogP contribution is -2.02. The van der Waals surface area contributed by atoms with Crippen LogP contribution in [0.1, 0.15) is 16.7 Å². The predicted octanol–water partition coefficient (Wildman–Crippen LogP) is 6.74. The quantitative estimate of drug-likeness (QED) is 0.206. The van der Waals surface area contributed by atoms with Crippen molar-refractivity contribution in [2.45, 2.75) is 6.61 Å². The van der Waals surface area contributed by atoms with Crippen molar-refractivity contribution in [3.05, 3.63) is 91.8 Å². The van der Waals surface area contributed by atoms with Crippen molar-refractivity contribution >= 4 is 45.8 Å². The van der Waals surface area contributed by atoms with E-state index in [9.17, 15) is 9.65 Å². The second-order valence-electron chi connectivity index (χ2n) is 6.06. The topological polar surface area (TPSA) is 42.2 Å². The van der Waals surface area contributed by atoms with Crippen molar-refractivity contribution in [1.29, 1.82) is 5.26 Å². The van der Waals surface area contributed by atoms with Crippen LogP contribution in [-0.4, -0.2) is 7.11 Å². The van der Waals surface area contributed by atoms with Gasteiger partial charge in [0, 0.05) is 16.1 Å². The van der Waals surface area contributed by atoms with Crippen LogP contribution in [0.4, 0.5) is 4.39 Å². The second kappa shape index (κ2) is 9.77. The number of nitriles is 1. The van der Waals surface area contributed by atoms with E-state index >= 15 is 0 Å². The highest BCUT2D eigenvalue weighted by Gasteiger charge is 2.14. The smallest absolute Gasteiger partial charge is 0.174 e. The lowest BCUT2D eigenvalue weighted by molar-refractivity contribution is 0.277. The van der Waals surface area contributed by atoms with Gasteiger partial charge in [0.2, 0.25) is 0 Å². The molecular formula is C23H16ClFINO2. The molecular weight excluding hydrogens is 504 g/mol. The predicted molar refractivity (Wildman–Crippen MR) is 121 cm³/mol. The Hall–Kier alpha value is -2.56. The SMILES string of the molecule is COc1cc(C=C(C#N)c2ccccc2Cl)cc(I)c1OCc1ccccc1F. The largest absolute Gasteiger partial charge is 0.493 e. The number of hydrogen-bond donors (Lipinski definition) is 0. The van der Waals surface area contributed by atoms with E-state index in [1.54, 1.807) is 42.5 Å². The summed E-state index contributed by atoms with van der Waals surface area (Å²) in [6, 6.07) is 19.5. The standard InChI is InChI=1S/C23H16ClFINO2/c1-28-22-12-15(10-17(13-27)18-7-3-4-8-19(18)24)11-21(26)23(22)29-14-16-6-2-5-9-20(16)25/h2-12H,14H2,1H3. The molecule has 0 unspecified atom stereocenters. The van der Waals surface area contributed by atoms with Crippen molar-refractivity contribution in [2.75, 3.05) is 7.11 Å². The van der Waals surface area contributed by atoms with E-state index in [0.717, 1.165) is 9.13 Å². The third-order valence-electron chi connectivity index (χ3n) is 4.18. The maximum Gasteiger partial charge on any atom is 0.174 e. The third-order valence-corrected chi connectivity index (χ3v) is 5.31. The van der Waals surface area contributed by atoms with Crippen LogP contribution >= 0.6 is 34.2 Å². The third kappa shape index (κ3) is 5.08. The van der Waals surface area contributed by atoms with Gasteiger partial charge in [0.05, 0.1) is 22.3 Å². The zero-order chi connectivity index (χ0) is 20.8. The van der Waals surface area contributed by atoms with Gasteiger partial charge >= 0.3 is 0 Å². The van der Waals surface area contributed by atoms with Crippen LogP contribution in [0, 0.1) is 20.7 Å². The summed E-state index contributed by atoms with van der Waals surface area (Å²) in [6.07, 6.45) is 1.74. The van der Waals surface area contributed by atoms with Gasteiger partial charge in [-0.15, -0.1) is 0 Å². The van der Waals surface area contributed by atoms with Gasteiger partial charge in [0.1, 0.15) is 12.4 Å². The molecule has 3 rings (SSSR count). The van der Waals surface area contributed by atoms with Gasteiger partial charge in [-0.05, 0) is 58.5 Å². The van der Waals surface area contributed by atoms with Gasteiger partial charge in [-0.2, -0.15) is 5.26 Å². The number of halogens is 3. The molecule has 0 atom stereocenters. The Labute approximate surface area is 187 Å². The molecule has 3 nitrogen and oxygen atoms in total. The summed E-state index contributed by atoms with van der Waals surface area (Å²) >= 11 is 8.35. The fraction of sp³-hybridized carbons (Fsp3) is 0.0870. The highest BCUT2D eigenvalue weighted by molar-refractivity contribution is 14.1. The normalized spacial score (nSPS) is 11.1. The molecule has 0 N–H and O–H groups in total. The summed E-state index contributed by atoms with van der Waals surface area (Å²) in [4.78, 5) is 0. The number of hydrogen-bond acceptors (Lipinski definition) is 3. The number of rotatable bonds is 6. The second-order valence-corrected chi connectivity index (χ2v) is 7.63. The molecule has 0 radical (unpaired) electrons. The molecule has 0 saturated heterocycles. The molecule has 0 saturated carbocycles. The first kappa shape index (κ1) is 21.2. The van der Waals surface area contributed by atoms with Crippen LogP contribution in [0.3, 0.4) is 0 Å². The molecule has 0 heterocycles. The number of nitrogens with zero attached hydrogens (tertiary/aromatic N) is 1. The van der Waals surface area contributed by atoms with Crippen LogP contribution in [-0.2, 0) is 6.61 Å². The number of allylic oxidation sites excluding steroid dienone is 1. The van der Waals surface area contributed by atoms with Crippen molar-refractivity contribution in [1.82, 2.24) is 0 Å². The van der Waals surface area contributed by atoms with E-state index in [2.05, 4.69) is 28.7 Å². The monoisotopic (exact) mass is 519 g/mol. The molecule has 0 aliphatic heterocycles. The Morgan fingerprint density at radius 3 is 2.59 bits per heavy atom. The molecule has 6 heteroatoms. The summed E-state index contributed by atoms with van der Waals surface area (Å²) in [7, 11) is 1.54.